The van der Waals surface area contributed by atoms with Gasteiger partial charge in [0, 0.05) is 40.5 Å². The first-order valence-corrected chi connectivity index (χ1v) is 12.3. The molecule has 2 aromatic carbocycles. The molecule has 0 fully saturated rings. The summed E-state index contributed by atoms with van der Waals surface area (Å²) >= 11 is 0. The van der Waals surface area contributed by atoms with Gasteiger partial charge < -0.3 is 4.74 Å². The van der Waals surface area contributed by atoms with Gasteiger partial charge in [0.05, 0.1) is 19.6 Å². The number of carbonyl (C=O) groups excluding carboxylic acids is 1. The Kier molecular flexibility index (Phi) is 7.07. The van der Waals surface area contributed by atoms with Crippen molar-refractivity contribution in [3.05, 3.63) is 81.5 Å². The van der Waals surface area contributed by atoms with Crippen LogP contribution in [0, 0.1) is 0 Å². The number of sulfonamides is 1. The first-order chi connectivity index (χ1) is 15.9. The van der Waals surface area contributed by atoms with E-state index < -0.39 is 10.0 Å². The van der Waals surface area contributed by atoms with Gasteiger partial charge in [-0.05, 0) is 35.2 Å². The summed E-state index contributed by atoms with van der Waals surface area (Å²) in [5, 5.41) is 0. The lowest BCUT2D eigenvalue weighted by Gasteiger charge is -2.25. The lowest BCUT2D eigenvalue weighted by molar-refractivity contribution is 0.112. The molecule has 9 heteroatoms. The molecular weight excluding hydrogens is 454 g/mol. The molecule has 178 valence electrons. The van der Waals surface area contributed by atoms with E-state index in [9.17, 15) is 18.0 Å². The summed E-state index contributed by atoms with van der Waals surface area (Å²) in [7, 11) is -1.88. The van der Waals surface area contributed by atoms with Crippen LogP contribution in [0.1, 0.15) is 47.8 Å². The minimum atomic E-state index is -3.47. The molecule has 3 aromatic rings. The molecule has 0 aliphatic carbocycles. The summed E-state index contributed by atoms with van der Waals surface area (Å²) in [6.45, 7) is 6.15. The van der Waals surface area contributed by atoms with E-state index in [-0.39, 0.29) is 11.0 Å². The molecular formula is C25H27N3O5S. The fourth-order valence-electron chi connectivity index (χ4n) is 3.53. The number of nitrogens with one attached hydrogen (secondary N) is 1. The molecule has 0 atom stereocenters. The second-order valence-electron chi connectivity index (χ2n) is 8.82. The quantitative estimate of drug-likeness (QED) is 0.405. The second-order valence-corrected chi connectivity index (χ2v) is 10.6. The maximum atomic E-state index is 12.4. The Morgan fingerprint density at radius 3 is 2.35 bits per heavy atom. The molecule has 0 aliphatic rings. The van der Waals surface area contributed by atoms with Crippen LogP contribution in [0.3, 0.4) is 0 Å². The van der Waals surface area contributed by atoms with Gasteiger partial charge in [0.2, 0.25) is 10.0 Å². The highest BCUT2D eigenvalue weighted by molar-refractivity contribution is 7.92. The van der Waals surface area contributed by atoms with Crippen molar-refractivity contribution in [2.45, 2.75) is 26.2 Å². The van der Waals surface area contributed by atoms with Crippen molar-refractivity contribution >= 4 is 34.1 Å². The fourth-order valence-corrected chi connectivity index (χ4v) is 4.09. The molecule has 0 saturated heterocycles. The molecule has 0 aliphatic heterocycles. The fraction of sp³-hybridized carbons (Fsp3) is 0.240. The maximum absolute atomic E-state index is 12.4. The molecule has 1 N–H and O–H groups in total. The van der Waals surface area contributed by atoms with Gasteiger partial charge in [0.15, 0.2) is 6.29 Å². The van der Waals surface area contributed by atoms with Crippen LogP contribution in [0.4, 0.5) is 5.69 Å². The standard InChI is InChI=1S/C25H27N3O5S/c1-25(2,3)22-14-21(28-11-10-26-15-23(28)30)13-18(24(22)33-4)7-6-17-8-9-20(12-19(17)16-29)27-34(5,31)32/h6-16,27H,1-5H3/b7-6+. The van der Waals surface area contributed by atoms with Gasteiger partial charge >= 0.3 is 0 Å². The number of aromatic nitrogens is 2. The molecule has 0 spiro atoms. The van der Waals surface area contributed by atoms with Crippen molar-refractivity contribution in [2.24, 2.45) is 0 Å². The Labute approximate surface area is 199 Å². The van der Waals surface area contributed by atoms with Crippen LogP contribution >= 0.6 is 0 Å². The molecule has 8 nitrogen and oxygen atoms in total. The lowest BCUT2D eigenvalue weighted by atomic mass is 9.84. The number of aldehydes is 1. The smallest absolute Gasteiger partial charge is 0.273 e. The summed E-state index contributed by atoms with van der Waals surface area (Å²) in [6, 6.07) is 8.45. The summed E-state index contributed by atoms with van der Waals surface area (Å²) in [6.07, 6.45) is 9.65. The van der Waals surface area contributed by atoms with Crippen LogP contribution in [-0.4, -0.2) is 37.6 Å². The number of nitrogens with zero attached hydrogens (tertiary/aromatic N) is 2. The highest BCUT2D eigenvalue weighted by Crippen LogP contribution is 2.37. The molecule has 3 rings (SSSR count). The van der Waals surface area contributed by atoms with Crippen molar-refractivity contribution in [3.8, 4) is 11.4 Å². The van der Waals surface area contributed by atoms with E-state index in [1.807, 2.05) is 12.1 Å². The van der Waals surface area contributed by atoms with E-state index in [1.165, 1.54) is 16.8 Å². The Hall–Kier alpha value is -3.72. The number of rotatable bonds is 7. The number of methoxy groups -OCH3 is 1. The van der Waals surface area contributed by atoms with E-state index in [2.05, 4.69) is 30.5 Å². The van der Waals surface area contributed by atoms with E-state index >= 15 is 0 Å². The minimum Gasteiger partial charge on any atom is -0.496 e. The third-order valence-corrected chi connectivity index (χ3v) is 5.68. The zero-order chi connectivity index (χ0) is 25.1. The van der Waals surface area contributed by atoms with Gasteiger partial charge in [-0.2, -0.15) is 0 Å². The molecule has 34 heavy (non-hydrogen) atoms. The number of hydrogen-bond donors (Lipinski definition) is 1. The van der Waals surface area contributed by atoms with Crippen LogP contribution in [0.25, 0.3) is 17.8 Å². The Balaban J connectivity index is 2.16. The predicted molar refractivity (Wildman–Crippen MR) is 134 cm³/mol. The van der Waals surface area contributed by atoms with E-state index in [0.29, 0.717) is 40.1 Å². The van der Waals surface area contributed by atoms with Crippen molar-refractivity contribution in [2.75, 3.05) is 18.1 Å². The SMILES string of the molecule is COc1c(/C=C/c2ccc(NS(C)(=O)=O)cc2C=O)cc(-n2ccncc2=O)cc1C(C)(C)C. The average molecular weight is 482 g/mol. The monoisotopic (exact) mass is 481 g/mol. The van der Waals surface area contributed by atoms with Crippen LogP contribution in [0.15, 0.2) is 53.7 Å². The Bertz CT molecular complexity index is 1420. The average Bonchev–Trinajstić information content (AvgIpc) is 2.76. The van der Waals surface area contributed by atoms with Crippen LogP contribution in [0.2, 0.25) is 0 Å². The normalized spacial score (nSPS) is 12.0. The molecule has 0 unspecified atom stereocenters. The zero-order valence-electron chi connectivity index (χ0n) is 19.7. The second kappa shape index (κ2) is 9.64. The van der Waals surface area contributed by atoms with Gasteiger partial charge in [0.25, 0.3) is 5.56 Å². The summed E-state index contributed by atoms with van der Waals surface area (Å²) in [4.78, 5) is 27.9. The molecule has 0 bridgehead atoms. The van der Waals surface area contributed by atoms with E-state index in [0.717, 1.165) is 11.8 Å². The van der Waals surface area contributed by atoms with Gasteiger partial charge in [0.1, 0.15) is 5.75 Å². The third kappa shape index (κ3) is 5.79. The van der Waals surface area contributed by atoms with E-state index in [1.54, 1.807) is 43.8 Å². The summed E-state index contributed by atoms with van der Waals surface area (Å²) in [5.41, 5.74) is 2.94. The molecule has 1 aromatic heterocycles. The number of anilines is 1. The van der Waals surface area contributed by atoms with Gasteiger partial charge in [-0.15, -0.1) is 0 Å². The number of ether oxygens (including phenoxy) is 1. The Morgan fingerprint density at radius 2 is 1.76 bits per heavy atom. The molecule has 0 radical (unpaired) electrons. The number of hydrogen-bond acceptors (Lipinski definition) is 6. The molecule has 1 heterocycles. The van der Waals surface area contributed by atoms with E-state index in [4.69, 9.17) is 4.74 Å². The number of carbonyl (C=O) groups is 1. The molecule has 0 amide bonds. The topological polar surface area (TPSA) is 107 Å². The molecule has 0 saturated carbocycles. The van der Waals surface area contributed by atoms with Crippen molar-refractivity contribution in [1.29, 1.82) is 0 Å². The first kappa shape index (κ1) is 24.9. The summed E-state index contributed by atoms with van der Waals surface area (Å²) < 4.78 is 32.6. The van der Waals surface area contributed by atoms with Crippen LogP contribution in [0.5, 0.6) is 5.75 Å². The first-order valence-electron chi connectivity index (χ1n) is 10.4. The highest BCUT2D eigenvalue weighted by atomic mass is 32.2. The lowest BCUT2D eigenvalue weighted by Crippen LogP contribution is -2.19. The van der Waals surface area contributed by atoms with Crippen LogP contribution < -0.4 is 15.0 Å². The van der Waals surface area contributed by atoms with Crippen molar-refractivity contribution < 1.29 is 17.9 Å². The maximum Gasteiger partial charge on any atom is 0.273 e. The van der Waals surface area contributed by atoms with Crippen LogP contribution in [-0.2, 0) is 15.4 Å². The van der Waals surface area contributed by atoms with Gasteiger partial charge in [-0.25, -0.2) is 8.42 Å². The Morgan fingerprint density at radius 1 is 1.06 bits per heavy atom. The third-order valence-electron chi connectivity index (χ3n) is 5.08. The minimum absolute atomic E-state index is 0.264. The zero-order valence-corrected chi connectivity index (χ0v) is 20.5. The van der Waals surface area contributed by atoms with Gasteiger partial charge in [-0.3, -0.25) is 23.9 Å². The number of benzene rings is 2. The largest absolute Gasteiger partial charge is 0.496 e. The highest BCUT2D eigenvalue weighted by Gasteiger charge is 2.22. The van der Waals surface area contributed by atoms with Gasteiger partial charge in [-0.1, -0.05) is 39.0 Å². The summed E-state index contributed by atoms with van der Waals surface area (Å²) in [5.74, 6) is 0.651. The van der Waals surface area contributed by atoms with Crippen molar-refractivity contribution in [3.63, 3.8) is 0 Å². The van der Waals surface area contributed by atoms with Crippen molar-refractivity contribution in [1.82, 2.24) is 9.55 Å². The predicted octanol–water partition coefficient (Wildman–Crippen LogP) is 3.89.